The van der Waals surface area contributed by atoms with Gasteiger partial charge in [0, 0.05) is 25.2 Å². The van der Waals surface area contributed by atoms with Crippen molar-refractivity contribution in [2.75, 3.05) is 31.7 Å². The maximum absolute atomic E-state index is 13.2. The minimum atomic E-state index is -4.06. The topological polar surface area (TPSA) is 123 Å². The second-order valence-electron chi connectivity index (χ2n) is 6.88. The quantitative estimate of drug-likeness (QED) is 0.328. The lowest BCUT2D eigenvalue weighted by Gasteiger charge is -2.26. The molecule has 1 heterocycles. The van der Waals surface area contributed by atoms with Crippen molar-refractivity contribution in [3.05, 3.63) is 58.1 Å². The summed E-state index contributed by atoms with van der Waals surface area (Å²) in [5.74, 6) is -0.00794. The van der Waals surface area contributed by atoms with E-state index in [0.29, 0.717) is 17.7 Å². The number of morpholine rings is 1. The van der Waals surface area contributed by atoms with Crippen molar-refractivity contribution in [1.29, 1.82) is 0 Å². The predicted octanol–water partition coefficient (Wildman–Crippen LogP) is 3.44. The molecule has 0 aromatic heterocycles. The second kappa shape index (κ2) is 10.6. The van der Waals surface area contributed by atoms with Gasteiger partial charge in [0.15, 0.2) is 0 Å². The molecule has 2 aromatic carbocycles. The Hall–Kier alpha value is -3.16. The molecule has 1 aliphatic heterocycles. The maximum atomic E-state index is 13.2. The van der Waals surface area contributed by atoms with Gasteiger partial charge in [0.25, 0.3) is 5.69 Å². The van der Waals surface area contributed by atoms with Crippen LogP contribution in [0.3, 0.4) is 0 Å². The maximum Gasteiger partial charge on any atom is 0.387 e. The fourth-order valence-corrected chi connectivity index (χ4v) is 4.73. The first kappa shape index (κ1) is 24.5. The first-order valence-electron chi connectivity index (χ1n) is 9.96. The number of rotatable bonds is 9. The molecule has 0 unspecified atom stereocenters. The molecule has 0 amide bonds. The smallest absolute Gasteiger partial charge is 0.387 e. The van der Waals surface area contributed by atoms with Crippen molar-refractivity contribution < 1.29 is 31.6 Å². The van der Waals surface area contributed by atoms with Gasteiger partial charge >= 0.3 is 6.61 Å². The van der Waals surface area contributed by atoms with E-state index in [1.807, 2.05) is 6.92 Å². The van der Waals surface area contributed by atoms with Gasteiger partial charge in [0.05, 0.1) is 29.5 Å². The lowest BCUT2D eigenvalue weighted by Crippen LogP contribution is -2.40. The zero-order valence-corrected chi connectivity index (χ0v) is 18.4. The van der Waals surface area contributed by atoms with E-state index in [2.05, 4.69) is 15.3 Å². The first-order chi connectivity index (χ1) is 15.7. The third kappa shape index (κ3) is 6.00. The van der Waals surface area contributed by atoms with Crippen LogP contribution < -0.4 is 10.2 Å². The van der Waals surface area contributed by atoms with Gasteiger partial charge in [-0.3, -0.25) is 15.5 Å². The molecule has 1 aliphatic rings. The molecule has 2 aromatic rings. The van der Waals surface area contributed by atoms with E-state index in [4.69, 9.17) is 4.74 Å². The van der Waals surface area contributed by atoms with Crippen molar-refractivity contribution in [2.24, 2.45) is 5.10 Å². The molecule has 1 N–H and O–H groups in total. The van der Waals surface area contributed by atoms with Crippen LogP contribution >= 0.6 is 0 Å². The Morgan fingerprint density at radius 3 is 2.48 bits per heavy atom. The number of nitro groups is 1. The summed E-state index contributed by atoms with van der Waals surface area (Å²) < 4.78 is 61.8. The summed E-state index contributed by atoms with van der Waals surface area (Å²) >= 11 is 0. The number of nitro benzene ring substituents is 1. The monoisotopic (exact) mass is 484 g/mol. The molecule has 1 fully saturated rings. The number of nitrogens with zero attached hydrogens (tertiary/aromatic N) is 3. The van der Waals surface area contributed by atoms with Crippen molar-refractivity contribution in [1.82, 2.24) is 4.31 Å². The standard InChI is InChI=1S/C20H22F2N4O6S/c1-2-17(14-3-6-16(7-4-14)32-20(21)22)23-24-18-8-5-15(26(27)28)13-19(18)33(29,30)25-9-11-31-12-10-25/h3-8,13,20,24H,2,9-12H2,1H3/b23-17-. The third-order valence-corrected chi connectivity index (χ3v) is 6.76. The van der Waals surface area contributed by atoms with Gasteiger partial charge in [-0.05, 0) is 42.3 Å². The average Bonchev–Trinajstić information content (AvgIpc) is 2.80. The van der Waals surface area contributed by atoms with Crippen molar-refractivity contribution >= 4 is 27.1 Å². The number of sulfonamides is 1. The molecule has 13 heteroatoms. The van der Waals surface area contributed by atoms with Gasteiger partial charge in [-0.25, -0.2) is 8.42 Å². The number of alkyl halides is 2. The molecule has 1 saturated heterocycles. The summed E-state index contributed by atoms with van der Waals surface area (Å²) in [5.41, 5.74) is 3.50. The van der Waals surface area contributed by atoms with Crippen molar-refractivity contribution in [2.45, 2.75) is 24.9 Å². The second-order valence-corrected chi connectivity index (χ2v) is 8.79. The molecule has 0 bridgehead atoms. The van der Waals surface area contributed by atoms with E-state index < -0.39 is 21.6 Å². The number of hydrogen-bond donors (Lipinski definition) is 1. The molecule has 0 saturated carbocycles. The number of non-ortho nitro benzene ring substituents is 1. The fourth-order valence-electron chi connectivity index (χ4n) is 3.16. The van der Waals surface area contributed by atoms with Gasteiger partial charge in [-0.2, -0.15) is 18.2 Å². The van der Waals surface area contributed by atoms with Crippen LogP contribution in [0, 0.1) is 10.1 Å². The number of hydrazone groups is 1. The molecule has 0 spiro atoms. The highest BCUT2D eigenvalue weighted by molar-refractivity contribution is 7.89. The van der Waals surface area contributed by atoms with Crippen LogP contribution in [0.4, 0.5) is 20.2 Å². The van der Waals surface area contributed by atoms with Gasteiger partial charge in [-0.1, -0.05) is 6.92 Å². The Labute approximate surface area is 189 Å². The number of benzene rings is 2. The third-order valence-electron chi connectivity index (χ3n) is 4.82. The molecule has 0 aliphatic carbocycles. The van der Waals surface area contributed by atoms with E-state index in [1.54, 1.807) is 12.1 Å². The fraction of sp³-hybridized carbons (Fsp3) is 0.350. The highest BCUT2D eigenvalue weighted by Crippen LogP contribution is 2.30. The predicted molar refractivity (Wildman–Crippen MR) is 116 cm³/mol. The van der Waals surface area contributed by atoms with E-state index >= 15 is 0 Å². The van der Waals surface area contributed by atoms with Crippen LogP contribution in [0.15, 0.2) is 52.5 Å². The lowest BCUT2D eigenvalue weighted by molar-refractivity contribution is -0.385. The normalized spacial score (nSPS) is 15.5. The van der Waals surface area contributed by atoms with Gasteiger partial charge < -0.3 is 9.47 Å². The van der Waals surface area contributed by atoms with E-state index in [1.165, 1.54) is 28.6 Å². The SMILES string of the molecule is CC/C(=N/Nc1ccc([N+](=O)[O-])cc1S(=O)(=O)N1CCOCC1)c1ccc(OC(F)F)cc1. The zero-order valence-electron chi connectivity index (χ0n) is 17.6. The summed E-state index contributed by atoms with van der Waals surface area (Å²) in [6.07, 6.45) is 0.431. The number of halogens is 2. The Morgan fingerprint density at radius 1 is 1.24 bits per heavy atom. The minimum absolute atomic E-state index is 0.00794. The summed E-state index contributed by atoms with van der Waals surface area (Å²) in [6, 6.07) is 9.27. The van der Waals surface area contributed by atoms with Crippen LogP contribution in [0.1, 0.15) is 18.9 Å². The number of nitrogens with one attached hydrogen (secondary N) is 1. The van der Waals surface area contributed by atoms with Gasteiger partial charge in [0.1, 0.15) is 10.6 Å². The molecule has 0 atom stereocenters. The van der Waals surface area contributed by atoms with Crippen LogP contribution in [-0.2, 0) is 14.8 Å². The molecule has 178 valence electrons. The molecule has 10 nitrogen and oxygen atoms in total. The van der Waals surface area contributed by atoms with E-state index in [-0.39, 0.29) is 48.3 Å². The average molecular weight is 484 g/mol. The summed E-state index contributed by atoms with van der Waals surface area (Å²) in [4.78, 5) is 10.3. The minimum Gasteiger partial charge on any atom is -0.435 e. The lowest BCUT2D eigenvalue weighted by atomic mass is 10.1. The summed E-state index contributed by atoms with van der Waals surface area (Å²) in [6.45, 7) is -0.431. The Kier molecular flexibility index (Phi) is 7.89. The zero-order chi connectivity index (χ0) is 24.0. The van der Waals surface area contributed by atoms with Gasteiger partial charge in [0.2, 0.25) is 10.0 Å². The Balaban J connectivity index is 1.93. The first-order valence-corrected chi connectivity index (χ1v) is 11.4. The molecular formula is C20H22F2N4O6S. The van der Waals surface area contributed by atoms with Gasteiger partial charge in [-0.15, -0.1) is 0 Å². The van der Waals surface area contributed by atoms with E-state index in [9.17, 15) is 27.3 Å². The summed E-state index contributed by atoms with van der Waals surface area (Å²) in [7, 11) is -4.06. The highest BCUT2D eigenvalue weighted by Gasteiger charge is 2.30. The van der Waals surface area contributed by atoms with Crippen molar-refractivity contribution in [3.63, 3.8) is 0 Å². The Bertz CT molecular complexity index is 1120. The van der Waals surface area contributed by atoms with Crippen LogP contribution in [0.25, 0.3) is 0 Å². The highest BCUT2D eigenvalue weighted by atomic mass is 32.2. The van der Waals surface area contributed by atoms with Crippen molar-refractivity contribution in [3.8, 4) is 5.75 Å². The number of anilines is 1. The summed E-state index contributed by atoms with van der Waals surface area (Å²) in [5, 5.41) is 15.5. The molecule has 33 heavy (non-hydrogen) atoms. The molecule has 3 rings (SSSR count). The van der Waals surface area contributed by atoms with Crippen LogP contribution in [0.5, 0.6) is 5.75 Å². The van der Waals surface area contributed by atoms with Crippen LogP contribution in [0.2, 0.25) is 0 Å². The molecule has 0 radical (unpaired) electrons. The number of ether oxygens (including phenoxy) is 2. The Morgan fingerprint density at radius 2 is 1.91 bits per heavy atom. The van der Waals surface area contributed by atoms with E-state index in [0.717, 1.165) is 6.07 Å². The molecular weight excluding hydrogens is 462 g/mol. The number of hydrogen-bond acceptors (Lipinski definition) is 8. The largest absolute Gasteiger partial charge is 0.435 e. The van der Waals surface area contributed by atoms with Crippen LogP contribution in [-0.4, -0.2) is 56.3 Å².